The molecule has 33 heavy (non-hydrogen) atoms. The summed E-state index contributed by atoms with van der Waals surface area (Å²) in [5, 5.41) is 11.8. The van der Waals surface area contributed by atoms with Gasteiger partial charge in [-0.3, -0.25) is 14.4 Å². The quantitative estimate of drug-likeness (QED) is 0.377. The lowest BCUT2D eigenvalue weighted by molar-refractivity contribution is -0.139. The summed E-state index contributed by atoms with van der Waals surface area (Å²) >= 11 is 0. The molecule has 9 heteroatoms. The molecule has 2 rings (SSSR count). The molecule has 2 aliphatic rings. The number of primary amides is 1. The Bertz CT molecular complexity index is 719. The summed E-state index contributed by atoms with van der Waals surface area (Å²) in [4.78, 5) is 49.7. The number of amides is 3. The van der Waals surface area contributed by atoms with Crippen molar-refractivity contribution in [2.24, 2.45) is 23.5 Å². The maximum Gasteiger partial charge on any atom is 0.408 e. The van der Waals surface area contributed by atoms with E-state index < -0.39 is 35.7 Å². The molecular formula is C24H41N3O6. The Morgan fingerprint density at radius 2 is 1.76 bits per heavy atom. The second-order valence-corrected chi connectivity index (χ2v) is 10.6. The van der Waals surface area contributed by atoms with Gasteiger partial charge in [0.2, 0.25) is 11.8 Å². The fourth-order valence-electron chi connectivity index (χ4n) is 4.74. The number of carboxylic acid groups (broad SMARTS) is 1. The molecule has 9 nitrogen and oxygen atoms in total. The van der Waals surface area contributed by atoms with Crippen LogP contribution in [-0.2, 0) is 19.1 Å². The first-order valence-corrected chi connectivity index (χ1v) is 12.2. The number of alkyl carbamates (subject to hydrolysis) is 1. The van der Waals surface area contributed by atoms with Crippen molar-refractivity contribution in [3.8, 4) is 0 Å². The number of nitrogens with zero attached hydrogens (tertiary/aromatic N) is 1. The number of hydrogen-bond donors (Lipinski definition) is 3. The highest BCUT2D eigenvalue weighted by Gasteiger charge is 2.45. The molecule has 188 valence electrons. The van der Waals surface area contributed by atoms with Gasteiger partial charge in [-0.05, 0) is 58.3 Å². The Morgan fingerprint density at radius 3 is 2.30 bits per heavy atom. The molecule has 2 fully saturated rings. The molecule has 4 N–H and O–H groups in total. The van der Waals surface area contributed by atoms with Gasteiger partial charge in [0.25, 0.3) is 0 Å². The van der Waals surface area contributed by atoms with Crippen LogP contribution in [0.1, 0.15) is 85.5 Å². The van der Waals surface area contributed by atoms with Crippen molar-refractivity contribution in [3.05, 3.63) is 0 Å². The Morgan fingerprint density at radius 1 is 1.12 bits per heavy atom. The van der Waals surface area contributed by atoms with Crippen LogP contribution in [0.3, 0.4) is 0 Å². The summed E-state index contributed by atoms with van der Waals surface area (Å²) < 4.78 is 5.33. The average Bonchev–Trinajstić information content (AvgIpc) is 3.36. The number of carboxylic acids is 1. The van der Waals surface area contributed by atoms with Gasteiger partial charge < -0.3 is 25.8 Å². The maximum atomic E-state index is 13.1. The van der Waals surface area contributed by atoms with Crippen LogP contribution >= 0.6 is 0 Å². The first kappa shape index (κ1) is 26.9. The molecule has 3 amide bonds. The minimum Gasteiger partial charge on any atom is -0.481 e. The normalized spacial score (nSPS) is 24.1. The third-order valence-electron chi connectivity index (χ3n) is 6.64. The van der Waals surface area contributed by atoms with Crippen molar-refractivity contribution in [1.29, 1.82) is 0 Å². The van der Waals surface area contributed by atoms with Crippen LogP contribution < -0.4 is 11.1 Å². The van der Waals surface area contributed by atoms with Crippen molar-refractivity contribution < 1.29 is 29.0 Å². The van der Waals surface area contributed by atoms with Crippen molar-refractivity contribution in [2.75, 3.05) is 6.54 Å². The highest BCUT2D eigenvalue weighted by molar-refractivity contribution is 5.91. The van der Waals surface area contributed by atoms with Crippen molar-refractivity contribution in [3.63, 3.8) is 0 Å². The van der Waals surface area contributed by atoms with E-state index in [2.05, 4.69) is 12.2 Å². The number of nitrogens with two attached hydrogens (primary N) is 1. The topological polar surface area (TPSA) is 139 Å². The molecule has 0 spiro atoms. The minimum atomic E-state index is -0.762. The number of carbonyl (C=O) groups excluding carboxylic acids is 3. The van der Waals surface area contributed by atoms with Crippen LogP contribution in [0.2, 0.25) is 0 Å². The summed E-state index contributed by atoms with van der Waals surface area (Å²) in [5.74, 6) is -0.940. The highest BCUT2D eigenvalue weighted by atomic mass is 16.6. The van der Waals surface area contributed by atoms with Crippen LogP contribution in [0.25, 0.3) is 0 Å². The second-order valence-electron chi connectivity index (χ2n) is 10.6. The van der Waals surface area contributed by atoms with Gasteiger partial charge in [0.15, 0.2) is 0 Å². The van der Waals surface area contributed by atoms with E-state index in [0.717, 1.165) is 38.5 Å². The van der Waals surface area contributed by atoms with E-state index in [4.69, 9.17) is 15.6 Å². The molecule has 0 aromatic heterocycles. The number of aliphatic carboxylic acids is 1. The van der Waals surface area contributed by atoms with Crippen LogP contribution in [0.5, 0.6) is 0 Å². The van der Waals surface area contributed by atoms with Crippen LogP contribution in [-0.4, -0.2) is 58.1 Å². The van der Waals surface area contributed by atoms with E-state index in [9.17, 15) is 19.2 Å². The number of likely N-dealkylation sites (tertiary alicyclic amines) is 1. The first-order valence-electron chi connectivity index (χ1n) is 12.2. The fraction of sp³-hybridized carbons (Fsp3) is 0.833. The Balaban J connectivity index is 1.82. The third kappa shape index (κ3) is 8.51. The summed E-state index contributed by atoms with van der Waals surface area (Å²) in [6.07, 6.45) is 6.49. The largest absolute Gasteiger partial charge is 0.481 e. The SMILES string of the molecule is CC(CCCCCC[C@H](NC(=O)OC(C)(C)C)C(=O)N1CCC[C@H]1C(N)=O)[C@@H]1C[C@@H]1C(=O)O. The fourth-order valence-corrected chi connectivity index (χ4v) is 4.74. The van der Waals surface area contributed by atoms with Crippen molar-refractivity contribution >= 4 is 23.9 Å². The number of unbranched alkanes of at least 4 members (excludes halogenated alkanes) is 3. The second kappa shape index (κ2) is 11.7. The van der Waals surface area contributed by atoms with Crippen molar-refractivity contribution in [2.45, 2.75) is 103 Å². The number of rotatable bonds is 12. The van der Waals surface area contributed by atoms with E-state index in [-0.39, 0.29) is 11.8 Å². The molecule has 1 heterocycles. The highest BCUT2D eigenvalue weighted by Crippen LogP contribution is 2.46. The molecule has 1 aliphatic heterocycles. The molecule has 1 unspecified atom stereocenters. The molecule has 1 saturated heterocycles. The maximum absolute atomic E-state index is 13.1. The predicted molar refractivity (Wildman–Crippen MR) is 123 cm³/mol. The van der Waals surface area contributed by atoms with E-state index in [1.165, 1.54) is 4.90 Å². The van der Waals surface area contributed by atoms with Crippen LogP contribution in [0.15, 0.2) is 0 Å². The Hall–Kier alpha value is -2.32. The lowest BCUT2D eigenvalue weighted by atomic mass is 9.96. The molecule has 0 aromatic carbocycles. The number of carbonyl (C=O) groups is 4. The van der Waals surface area contributed by atoms with E-state index >= 15 is 0 Å². The van der Waals surface area contributed by atoms with E-state index in [1.54, 1.807) is 20.8 Å². The predicted octanol–water partition coefficient (Wildman–Crippen LogP) is 3.05. The van der Waals surface area contributed by atoms with Crippen LogP contribution in [0.4, 0.5) is 4.79 Å². The smallest absolute Gasteiger partial charge is 0.408 e. The lowest BCUT2D eigenvalue weighted by Crippen LogP contribution is -2.53. The van der Waals surface area contributed by atoms with E-state index in [0.29, 0.717) is 37.6 Å². The first-order chi connectivity index (χ1) is 15.4. The van der Waals surface area contributed by atoms with Gasteiger partial charge in [0.1, 0.15) is 17.7 Å². The van der Waals surface area contributed by atoms with Gasteiger partial charge in [0.05, 0.1) is 5.92 Å². The molecule has 0 radical (unpaired) electrons. The molecule has 0 aromatic rings. The molecular weight excluding hydrogens is 426 g/mol. The van der Waals surface area contributed by atoms with Gasteiger partial charge in [-0.15, -0.1) is 0 Å². The zero-order chi connectivity index (χ0) is 24.8. The number of hydrogen-bond acceptors (Lipinski definition) is 5. The summed E-state index contributed by atoms with van der Waals surface area (Å²) in [6.45, 7) is 7.85. The summed E-state index contributed by atoms with van der Waals surface area (Å²) in [7, 11) is 0. The third-order valence-corrected chi connectivity index (χ3v) is 6.64. The summed E-state index contributed by atoms with van der Waals surface area (Å²) in [5.41, 5.74) is 4.78. The van der Waals surface area contributed by atoms with Crippen molar-refractivity contribution in [1.82, 2.24) is 10.2 Å². The standard InChI is InChI=1S/C24H41N3O6/c1-15(16-14-17(16)22(30)31)10-7-5-6-8-11-18(26-23(32)33-24(2,3)4)21(29)27-13-9-12-19(27)20(25)28/h15-19H,5-14H2,1-4H3,(H2,25,28)(H,26,32)(H,30,31)/t15?,16-,17-,18-,19-/m0/s1. The average molecular weight is 468 g/mol. The molecule has 0 bridgehead atoms. The zero-order valence-electron chi connectivity index (χ0n) is 20.5. The van der Waals surface area contributed by atoms with Gasteiger partial charge >= 0.3 is 12.1 Å². The monoisotopic (exact) mass is 467 g/mol. The zero-order valence-corrected chi connectivity index (χ0v) is 20.5. The van der Waals surface area contributed by atoms with Gasteiger partial charge in [-0.2, -0.15) is 0 Å². The van der Waals surface area contributed by atoms with Gasteiger partial charge in [-0.1, -0.05) is 39.0 Å². The van der Waals surface area contributed by atoms with Crippen LogP contribution in [0, 0.1) is 17.8 Å². The Kier molecular flexibility index (Phi) is 9.55. The number of nitrogens with one attached hydrogen (secondary N) is 1. The molecule has 1 saturated carbocycles. The van der Waals surface area contributed by atoms with Gasteiger partial charge in [0, 0.05) is 6.54 Å². The lowest BCUT2D eigenvalue weighted by Gasteiger charge is -2.29. The molecule has 5 atom stereocenters. The minimum absolute atomic E-state index is 0.166. The van der Waals surface area contributed by atoms with E-state index in [1.807, 2.05) is 0 Å². The van der Waals surface area contributed by atoms with Gasteiger partial charge in [-0.25, -0.2) is 4.79 Å². The number of ether oxygens (including phenoxy) is 1. The molecule has 1 aliphatic carbocycles. The summed E-state index contributed by atoms with van der Waals surface area (Å²) in [6, 6.07) is -1.39. The Labute approximate surface area is 196 Å².